The number of azo groups is 1. The lowest BCUT2D eigenvalue weighted by atomic mass is 10.2. The van der Waals surface area contributed by atoms with Gasteiger partial charge in [0.2, 0.25) is 5.13 Å². The minimum absolute atomic E-state index is 0.110. The fraction of sp³-hybridized carbons (Fsp3) is 0.200. The Kier molecular flexibility index (Phi) is 7.29. The molecule has 0 radical (unpaired) electrons. The highest BCUT2D eigenvalue weighted by atomic mass is 35.5. The van der Waals surface area contributed by atoms with Crippen molar-refractivity contribution < 1.29 is 10.2 Å². The Morgan fingerprint density at radius 1 is 1.07 bits per heavy atom. The van der Waals surface area contributed by atoms with E-state index in [9.17, 15) is 5.11 Å². The number of rotatable bonds is 8. The fourth-order valence-electron chi connectivity index (χ4n) is 2.52. The minimum Gasteiger partial charge on any atom is -0.508 e. The van der Waals surface area contributed by atoms with Crippen LogP contribution in [0.3, 0.4) is 0 Å². The van der Waals surface area contributed by atoms with Crippen LogP contribution >= 0.6 is 22.9 Å². The van der Waals surface area contributed by atoms with Gasteiger partial charge in [0.15, 0.2) is 5.15 Å². The molecule has 150 valence electrons. The van der Waals surface area contributed by atoms with Crippen molar-refractivity contribution in [3.63, 3.8) is 0 Å². The summed E-state index contributed by atoms with van der Waals surface area (Å²) < 4.78 is 0. The van der Waals surface area contributed by atoms with Gasteiger partial charge in [0, 0.05) is 25.0 Å². The Hall–Kier alpha value is -2.81. The average molecular weight is 430 g/mol. The van der Waals surface area contributed by atoms with Gasteiger partial charge in [0.25, 0.3) is 0 Å². The summed E-state index contributed by atoms with van der Waals surface area (Å²) in [5.74, 6) is 0.186. The number of nitrogens with zero attached hydrogens (tertiary/aromatic N) is 5. The lowest BCUT2D eigenvalue weighted by Gasteiger charge is -2.21. The lowest BCUT2D eigenvalue weighted by Crippen LogP contribution is -2.25. The van der Waals surface area contributed by atoms with Crippen molar-refractivity contribution >= 4 is 51.3 Å². The molecule has 0 aliphatic carbocycles. The molecule has 0 aliphatic rings. The fourth-order valence-corrected chi connectivity index (χ4v) is 3.46. The van der Waals surface area contributed by atoms with Crippen LogP contribution in [0.5, 0.6) is 5.75 Å². The zero-order valence-corrected chi connectivity index (χ0v) is 17.3. The molecule has 9 heteroatoms. The van der Waals surface area contributed by atoms with Crippen LogP contribution in [0.2, 0.25) is 5.15 Å². The molecule has 1 heterocycles. The first kappa shape index (κ1) is 20.9. The van der Waals surface area contributed by atoms with Crippen molar-refractivity contribution in [1.29, 1.82) is 0 Å². The molecule has 0 bridgehead atoms. The maximum atomic E-state index is 9.31. The van der Waals surface area contributed by atoms with E-state index in [2.05, 4.69) is 25.1 Å². The van der Waals surface area contributed by atoms with Crippen molar-refractivity contribution in [2.75, 3.05) is 24.6 Å². The van der Waals surface area contributed by atoms with E-state index in [0.29, 0.717) is 33.1 Å². The number of hydrogen-bond acceptors (Lipinski definition) is 8. The first-order chi connectivity index (χ1) is 14.1. The molecule has 2 aromatic carbocycles. The first-order valence-corrected chi connectivity index (χ1v) is 10.2. The van der Waals surface area contributed by atoms with Gasteiger partial charge >= 0.3 is 0 Å². The number of anilines is 1. The molecule has 0 fully saturated rings. The molecule has 3 rings (SSSR count). The van der Waals surface area contributed by atoms with Crippen molar-refractivity contribution in [2.45, 2.75) is 6.92 Å². The largest absolute Gasteiger partial charge is 0.508 e. The topological polar surface area (TPSA) is 93.7 Å². The van der Waals surface area contributed by atoms with E-state index >= 15 is 0 Å². The second kappa shape index (κ2) is 10.1. The van der Waals surface area contributed by atoms with E-state index in [0.717, 1.165) is 12.2 Å². The third-order valence-electron chi connectivity index (χ3n) is 4.00. The van der Waals surface area contributed by atoms with Crippen LogP contribution in [0.15, 0.2) is 63.8 Å². The lowest BCUT2D eigenvalue weighted by molar-refractivity contribution is 0.302. The highest BCUT2D eigenvalue weighted by Gasteiger charge is 2.07. The van der Waals surface area contributed by atoms with Gasteiger partial charge in [-0.15, -0.1) is 10.2 Å². The van der Waals surface area contributed by atoms with Crippen LogP contribution in [-0.4, -0.2) is 41.1 Å². The summed E-state index contributed by atoms with van der Waals surface area (Å²) in [5, 5.41) is 27.5. The van der Waals surface area contributed by atoms with E-state index < -0.39 is 0 Å². The number of likely N-dealkylation sites (N-methyl/N-ethyl adjacent to an activating group) is 1. The van der Waals surface area contributed by atoms with Crippen molar-refractivity contribution in [3.05, 3.63) is 58.6 Å². The van der Waals surface area contributed by atoms with Crippen LogP contribution < -0.4 is 4.90 Å². The molecular formula is C20H20ClN5O2S. The highest BCUT2D eigenvalue weighted by molar-refractivity contribution is 7.17. The van der Waals surface area contributed by atoms with Crippen molar-refractivity contribution in [1.82, 2.24) is 4.98 Å². The minimum atomic E-state index is 0.110. The quantitative estimate of drug-likeness (QED) is 0.366. The summed E-state index contributed by atoms with van der Waals surface area (Å²) in [6.07, 6.45) is 1.61. The van der Waals surface area contributed by atoms with Crippen LogP contribution in [0, 0.1) is 0 Å². The zero-order valence-electron chi connectivity index (χ0n) is 15.7. The summed E-state index contributed by atoms with van der Waals surface area (Å²) in [5.41, 5.74) is 2.41. The van der Waals surface area contributed by atoms with Crippen LogP contribution in [0.4, 0.5) is 22.2 Å². The number of aliphatic hydroxyl groups is 1. The van der Waals surface area contributed by atoms with E-state index in [1.165, 1.54) is 11.3 Å². The summed E-state index contributed by atoms with van der Waals surface area (Å²) in [6.45, 7) is 3.55. The maximum absolute atomic E-state index is 9.31. The number of phenols is 1. The van der Waals surface area contributed by atoms with Crippen LogP contribution in [0.25, 0.3) is 0 Å². The molecule has 29 heavy (non-hydrogen) atoms. The second-order valence-corrected chi connectivity index (χ2v) is 7.31. The Bertz CT molecular complexity index is 987. The standard InChI is InChI=1S/C20H20ClN5O2S/c1-2-26(11-12-27)16-7-3-15(4-8-16)24-25-20-23-19(21)18(29-20)13-22-14-5-9-17(28)10-6-14/h3-10,13,27-28H,2,11-12H2,1H3. The van der Waals surface area contributed by atoms with Gasteiger partial charge in [-0.3, -0.25) is 4.99 Å². The third-order valence-corrected chi connectivity index (χ3v) is 5.27. The molecule has 3 aromatic rings. The van der Waals surface area contributed by atoms with Gasteiger partial charge in [-0.25, -0.2) is 4.98 Å². The molecule has 0 unspecified atom stereocenters. The average Bonchev–Trinajstić information content (AvgIpc) is 3.10. The zero-order chi connectivity index (χ0) is 20.6. The van der Waals surface area contributed by atoms with E-state index in [4.69, 9.17) is 16.7 Å². The van der Waals surface area contributed by atoms with E-state index in [1.54, 1.807) is 30.5 Å². The monoisotopic (exact) mass is 429 g/mol. The van der Waals surface area contributed by atoms with Crippen LogP contribution in [-0.2, 0) is 0 Å². The molecular weight excluding hydrogens is 410 g/mol. The van der Waals surface area contributed by atoms with Gasteiger partial charge in [-0.2, -0.15) is 0 Å². The second-order valence-electron chi connectivity index (χ2n) is 5.95. The van der Waals surface area contributed by atoms with Gasteiger partial charge in [0.05, 0.1) is 22.9 Å². The van der Waals surface area contributed by atoms with Crippen molar-refractivity contribution in [3.8, 4) is 5.75 Å². The van der Waals surface area contributed by atoms with E-state index in [1.807, 2.05) is 31.2 Å². The molecule has 0 atom stereocenters. The Balaban J connectivity index is 1.68. The molecule has 0 saturated heterocycles. The molecule has 2 N–H and O–H groups in total. The predicted octanol–water partition coefficient (Wildman–Crippen LogP) is 5.49. The first-order valence-electron chi connectivity index (χ1n) is 8.96. The van der Waals surface area contributed by atoms with Gasteiger partial charge in [-0.05, 0) is 55.5 Å². The Morgan fingerprint density at radius 3 is 2.41 bits per heavy atom. The number of hydrogen-bond donors (Lipinski definition) is 2. The molecule has 0 saturated carbocycles. The van der Waals surface area contributed by atoms with Crippen LogP contribution in [0.1, 0.15) is 11.8 Å². The summed E-state index contributed by atoms with van der Waals surface area (Å²) in [6, 6.07) is 14.1. The van der Waals surface area contributed by atoms with Crippen molar-refractivity contribution in [2.24, 2.45) is 15.2 Å². The number of aromatic nitrogens is 1. The molecule has 1 aromatic heterocycles. The number of aromatic hydroxyl groups is 1. The van der Waals surface area contributed by atoms with Gasteiger partial charge < -0.3 is 15.1 Å². The number of aliphatic hydroxyl groups excluding tert-OH is 1. The highest BCUT2D eigenvalue weighted by Crippen LogP contribution is 2.30. The molecule has 0 aliphatic heterocycles. The number of aliphatic imine (C=N–C) groups is 1. The molecule has 7 nitrogen and oxygen atoms in total. The number of phenolic OH excluding ortho intramolecular Hbond substituents is 1. The predicted molar refractivity (Wildman–Crippen MR) is 118 cm³/mol. The smallest absolute Gasteiger partial charge is 0.232 e. The Morgan fingerprint density at radius 2 is 1.76 bits per heavy atom. The summed E-state index contributed by atoms with van der Waals surface area (Å²) in [7, 11) is 0. The number of benzene rings is 2. The Labute approximate surface area is 177 Å². The summed E-state index contributed by atoms with van der Waals surface area (Å²) >= 11 is 7.44. The number of thiazole rings is 1. The van der Waals surface area contributed by atoms with E-state index in [-0.39, 0.29) is 12.4 Å². The SMILES string of the molecule is CCN(CCO)c1ccc(N=Nc2nc(Cl)c(C=Nc3ccc(O)cc3)s2)cc1. The summed E-state index contributed by atoms with van der Waals surface area (Å²) in [4.78, 5) is 11.2. The van der Waals surface area contributed by atoms with Gasteiger partial charge in [0.1, 0.15) is 5.75 Å². The molecule has 0 amide bonds. The van der Waals surface area contributed by atoms with Gasteiger partial charge in [-0.1, -0.05) is 22.9 Å². The molecule has 0 spiro atoms. The third kappa shape index (κ3) is 5.83. The number of halogens is 1. The maximum Gasteiger partial charge on any atom is 0.232 e. The normalized spacial score (nSPS) is 11.6.